The quantitative estimate of drug-likeness (QED) is 0.553. The van der Waals surface area contributed by atoms with E-state index in [1.807, 2.05) is 41.9 Å². The lowest BCUT2D eigenvalue weighted by atomic mass is 10.1. The number of benzene rings is 1. The smallest absolute Gasteiger partial charge is 0.253 e. The minimum Gasteiger partial charge on any atom is -0.366 e. The van der Waals surface area contributed by atoms with Crippen LogP contribution in [0, 0.1) is 19.8 Å². The Bertz CT molecular complexity index is 1120. The van der Waals surface area contributed by atoms with Gasteiger partial charge in [0.05, 0.1) is 17.8 Å². The molecule has 3 heterocycles. The molecule has 7 heteroatoms. The molecular formula is C26H35N5O2. The van der Waals surface area contributed by atoms with Gasteiger partial charge in [0.25, 0.3) is 5.91 Å². The number of aryl methyl sites for hydroxylation is 2. The van der Waals surface area contributed by atoms with Crippen LogP contribution in [0.25, 0.3) is 10.9 Å². The highest BCUT2D eigenvalue weighted by Crippen LogP contribution is 2.21. The molecule has 33 heavy (non-hydrogen) atoms. The Morgan fingerprint density at radius 2 is 2.03 bits per heavy atom. The fourth-order valence-electron chi connectivity index (χ4n) is 4.64. The van der Waals surface area contributed by atoms with Gasteiger partial charge < -0.3 is 9.64 Å². The summed E-state index contributed by atoms with van der Waals surface area (Å²) in [5, 5.41) is 5.63. The van der Waals surface area contributed by atoms with Crippen LogP contribution in [0.3, 0.4) is 0 Å². The lowest BCUT2D eigenvalue weighted by Crippen LogP contribution is -2.51. The maximum Gasteiger partial charge on any atom is 0.253 e. The van der Waals surface area contributed by atoms with Crippen molar-refractivity contribution in [3.05, 3.63) is 59.0 Å². The van der Waals surface area contributed by atoms with Crippen LogP contribution in [0.2, 0.25) is 0 Å². The van der Waals surface area contributed by atoms with Crippen molar-refractivity contribution >= 4 is 16.8 Å². The Labute approximate surface area is 196 Å². The molecule has 7 nitrogen and oxygen atoms in total. The van der Waals surface area contributed by atoms with Crippen LogP contribution in [0.5, 0.6) is 0 Å². The Morgan fingerprint density at radius 3 is 2.76 bits per heavy atom. The van der Waals surface area contributed by atoms with Gasteiger partial charge in [0.2, 0.25) is 0 Å². The van der Waals surface area contributed by atoms with E-state index in [0.717, 1.165) is 35.2 Å². The van der Waals surface area contributed by atoms with Crippen LogP contribution in [0.1, 0.15) is 36.4 Å². The summed E-state index contributed by atoms with van der Waals surface area (Å²) >= 11 is 0. The molecule has 3 aromatic rings. The highest BCUT2D eigenvalue weighted by Gasteiger charge is 2.31. The number of para-hydroxylation sites is 1. The Morgan fingerprint density at radius 1 is 1.24 bits per heavy atom. The van der Waals surface area contributed by atoms with Crippen LogP contribution in [-0.2, 0) is 29.7 Å². The van der Waals surface area contributed by atoms with Gasteiger partial charge >= 0.3 is 0 Å². The summed E-state index contributed by atoms with van der Waals surface area (Å²) in [5.74, 6) is 0.415. The molecular weight excluding hydrogens is 414 g/mol. The van der Waals surface area contributed by atoms with Gasteiger partial charge in [-0.05, 0) is 31.4 Å². The summed E-state index contributed by atoms with van der Waals surface area (Å²) in [6.07, 6.45) is 1.35. The van der Waals surface area contributed by atoms with Crippen molar-refractivity contribution in [2.75, 3.05) is 26.2 Å². The number of fused-ring (bicyclic) bond motifs is 1. The highest BCUT2D eigenvalue weighted by atomic mass is 16.5. The molecule has 0 radical (unpaired) electrons. The van der Waals surface area contributed by atoms with E-state index < -0.39 is 6.10 Å². The van der Waals surface area contributed by atoms with Crippen molar-refractivity contribution in [1.82, 2.24) is 24.6 Å². The van der Waals surface area contributed by atoms with Crippen molar-refractivity contribution < 1.29 is 9.53 Å². The molecule has 1 fully saturated rings. The van der Waals surface area contributed by atoms with E-state index in [1.54, 1.807) is 0 Å². The van der Waals surface area contributed by atoms with Crippen molar-refractivity contribution in [1.29, 1.82) is 0 Å². The standard InChI is InChI=1S/C26H35N5O2/c1-18(2)14-31(15-22-9-6-8-21-10-7-11-27-25(21)22)26(32)24-17-30(12-13-33-24)16-23-19(3)28-29(5)20(23)4/h6-11,18,24H,12-17H2,1-5H3/t24-/m1/s1. The Kier molecular flexibility index (Phi) is 7.10. The number of carbonyl (C=O) groups is 1. The van der Waals surface area contributed by atoms with Crippen LogP contribution < -0.4 is 0 Å². The summed E-state index contributed by atoms with van der Waals surface area (Å²) < 4.78 is 7.92. The second-order valence-corrected chi connectivity index (χ2v) is 9.47. The molecule has 0 unspecified atom stereocenters. The third kappa shape index (κ3) is 5.25. The molecule has 0 bridgehead atoms. The maximum absolute atomic E-state index is 13.6. The summed E-state index contributed by atoms with van der Waals surface area (Å²) in [7, 11) is 1.98. The van der Waals surface area contributed by atoms with Crippen LogP contribution >= 0.6 is 0 Å². The zero-order valence-corrected chi connectivity index (χ0v) is 20.4. The first kappa shape index (κ1) is 23.4. The highest BCUT2D eigenvalue weighted by molar-refractivity contribution is 5.84. The third-order valence-electron chi connectivity index (χ3n) is 6.44. The SMILES string of the molecule is Cc1nn(C)c(C)c1CN1CCO[C@@H](C(=O)N(Cc2cccc3cccnc23)CC(C)C)C1. The van der Waals surface area contributed by atoms with E-state index in [2.05, 4.69) is 54.0 Å². The first-order chi connectivity index (χ1) is 15.8. The molecule has 1 saturated heterocycles. The monoisotopic (exact) mass is 449 g/mol. The first-order valence-electron chi connectivity index (χ1n) is 11.8. The predicted octanol–water partition coefficient (Wildman–Crippen LogP) is 3.47. The molecule has 1 aliphatic heterocycles. The maximum atomic E-state index is 13.6. The molecule has 0 N–H and O–H groups in total. The second kappa shape index (κ2) is 10.0. The van der Waals surface area contributed by atoms with Crippen LogP contribution in [-0.4, -0.2) is 62.8 Å². The Balaban J connectivity index is 1.51. The third-order valence-corrected chi connectivity index (χ3v) is 6.44. The molecule has 0 saturated carbocycles. The lowest BCUT2D eigenvalue weighted by Gasteiger charge is -2.35. The van der Waals surface area contributed by atoms with Crippen LogP contribution in [0.15, 0.2) is 36.5 Å². The minimum atomic E-state index is -0.460. The van der Waals surface area contributed by atoms with Gasteiger partial charge in [0.1, 0.15) is 6.10 Å². The molecule has 0 aliphatic carbocycles. The predicted molar refractivity (Wildman–Crippen MR) is 130 cm³/mol. The molecule has 1 atom stereocenters. The van der Waals surface area contributed by atoms with E-state index in [-0.39, 0.29) is 5.91 Å². The average molecular weight is 450 g/mol. The number of hydrogen-bond donors (Lipinski definition) is 0. The van der Waals surface area contributed by atoms with Gasteiger partial charge in [-0.15, -0.1) is 0 Å². The molecule has 1 aromatic carbocycles. The van der Waals surface area contributed by atoms with E-state index >= 15 is 0 Å². The fourth-order valence-corrected chi connectivity index (χ4v) is 4.64. The minimum absolute atomic E-state index is 0.0564. The normalized spacial score (nSPS) is 17.1. The number of morpholine rings is 1. The van der Waals surface area contributed by atoms with Gasteiger partial charge in [0, 0.05) is 62.6 Å². The largest absolute Gasteiger partial charge is 0.366 e. The summed E-state index contributed by atoms with van der Waals surface area (Å²) in [4.78, 5) is 22.5. The number of ether oxygens (including phenoxy) is 1. The summed E-state index contributed by atoms with van der Waals surface area (Å²) in [5.41, 5.74) is 5.49. The van der Waals surface area contributed by atoms with Gasteiger partial charge in [-0.25, -0.2) is 0 Å². The number of nitrogens with zero attached hydrogens (tertiary/aromatic N) is 5. The van der Waals surface area contributed by atoms with Crippen LogP contribution in [0.4, 0.5) is 0 Å². The van der Waals surface area contributed by atoms with Crippen molar-refractivity contribution in [3.8, 4) is 0 Å². The van der Waals surface area contributed by atoms with Gasteiger partial charge in [0.15, 0.2) is 0 Å². The lowest BCUT2D eigenvalue weighted by molar-refractivity contribution is -0.151. The summed E-state index contributed by atoms with van der Waals surface area (Å²) in [6.45, 7) is 12.4. The van der Waals surface area contributed by atoms with E-state index in [1.165, 1.54) is 11.3 Å². The molecule has 0 spiro atoms. The molecule has 1 amide bonds. The van der Waals surface area contributed by atoms with Crippen molar-refractivity contribution in [2.45, 2.75) is 46.9 Å². The van der Waals surface area contributed by atoms with Gasteiger partial charge in [-0.3, -0.25) is 19.4 Å². The van der Waals surface area contributed by atoms with E-state index in [0.29, 0.717) is 32.2 Å². The number of carbonyl (C=O) groups excluding carboxylic acids is 1. The zero-order valence-electron chi connectivity index (χ0n) is 20.4. The van der Waals surface area contributed by atoms with E-state index in [9.17, 15) is 4.79 Å². The van der Waals surface area contributed by atoms with Gasteiger partial charge in [-0.2, -0.15) is 5.10 Å². The average Bonchev–Trinajstić information content (AvgIpc) is 3.04. The number of pyridine rings is 1. The molecule has 4 rings (SSSR count). The molecule has 1 aliphatic rings. The number of aromatic nitrogens is 3. The second-order valence-electron chi connectivity index (χ2n) is 9.47. The number of rotatable bonds is 7. The molecule has 2 aromatic heterocycles. The fraction of sp³-hybridized carbons (Fsp3) is 0.500. The zero-order chi connectivity index (χ0) is 23.5. The first-order valence-corrected chi connectivity index (χ1v) is 11.8. The molecule has 176 valence electrons. The number of hydrogen-bond acceptors (Lipinski definition) is 5. The summed E-state index contributed by atoms with van der Waals surface area (Å²) in [6, 6.07) is 10.2. The van der Waals surface area contributed by atoms with Crippen molar-refractivity contribution in [2.24, 2.45) is 13.0 Å². The van der Waals surface area contributed by atoms with E-state index in [4.69, 9.17) is 4.74 Å². The number of amides is 1. The Hall–Kier alpha value is -2.77. The topological polar surface area (TPSA) is 63.5 Å². The van der Waals surface area contributed by atoms with Crippen molar-refractivity contribution in [3.63, 3.8) is 0 Å². The van der Waals surface area contributed by atoms with Gasteiger partial charge in [-0.1, -0.05) is 38.1 Å².